The molecule has 1 aliphatic heterocycles. The highest BCUT2D eigenvalue weighted by molar-refractivity contribution is 8.01. The van der Waals surface area contributed by atoms with Gasteiger partial charge in [0.2, 0.25) is 0 Å². The van der Waals surface area contributed by atoms with Crippen molar-refractivity contribution in [1.29, 1.82) is 0 Å². The maximum Gasteiger partial charge on any atom is 0.152 e. The number of para-hydroxylation sites is 1. The monoisotopic (exact) mass is 245 g/mol. The standard InChI is InChI=1S/C14H15NOS/c1-14(2)7-10-13(11(16)8-14)17-12-6-4-3-5-9(12)15-10/h3-7,13,15H,8H2,1-2H3. The molecule has 88 valence electrons. The van der Waals surface area contributed by atoms with E-state index in [1.165, 1.54) is 4.90 Å². The summed E-state index contributed by atoms with van der Waals surface area (Å²) < 4.78 is 0. The van der Waals surface area contributed by atoms with Crippen LogP contribution in [-0.4, -0.2) is 11.0 Å². The second kappa shape index (κ2) is 3.64. The molecule has 3 rings (SSSR count). The van der Waals surface area contributed by atoms with Crippen LogP contribution in [0.1, 0.15) is 20.3 Å². The minimum Gasteiger partial charge on any atom is -0.357 e. The number of benzene rings is 1. The molecule has 0 fully saturated rings. The molecule has 3 heteroatoms. The zero-order valence-corrected chi connectivity index (χ0v) is 10.8. The number of carbonyl (C=O) groups excluding carboxylic acids is 1. The Labute approximate surface area is 105 Å². The van der Waals surface area contributed by atoms with E-state index in [9.17, 15) is 4.79 Å². The molecule has 1 heterocycles. The lowest BCUT2D eigenvalue weighted by Crippen LogP contribution is -2.35. The van der Waals surface area contributed by atoms with Crippen molar-refractivity contribution >= 4 is 23.2 Å². The SMILES string of the molecule is CC1(C)C=C2Nc3ccccc3SC2C(=O)C1. The molecule has 2 aliphatic rings. The van der Waals surface area contributed by atoms with Crippen molar-refractivity contribution in [2.24, 2.45) is 5.41 Å². The number of fused-ring (bicyclic) bond motifs is 2. The van der Waals surface area contributed by atoms with Gasteiger partial charge in [-0.3, -0.25) is 4.79 Å². The number of allylic oxidation sites excluding steroid dienone is 1. The van der Waals surface area contributed by atoms with Gasteiger partial charge in [0.15, 0.2) is 5.78 Å². The summed E-state index contributed by atoms with van der Waals surface area (Å²) in [6, 6.07) is 8.16. The molecule has 1 N–H and O–H groups in total. The second-order valence-electron chi connectivity index (χ2n) is 5.35. The number of Topliss-reactive ketones (excluding diaryl/α,β-unsaturated/α-hetero) is 1. The Morgan fingerprint density at radius 1 is 1.35 bits per heavy atom. The predicted molar refractivity (Wildman–Crippen MR) is 71.2 cm³/mol. The van der Waals surface area contributed by atoms with Crippen LogP contribution in [0.15, 0.2) is 40.9 Å². The van der Waals surface area contributed by atoms with E-state index in [4.69, 9.17) is 0 Å². The third-order valence-electron chi connectivity index (χ3n) is 3.16. The van der Waals surface area contributed by atoms with Crippen molar-refractivity contribution in [1.82, 2.24) is 0 Å². The minimum absolute atomic E-state index is 0.0250. The molecule has 0 radical (unpaired) electrons. The van der Waals surface area contributed by atoms with Crippen LogP contribution < -0.4 is 5.32 Å². The molecule has 1 atom stereocenters. The first kappa shape index (κ1) is 10.9. The van der Waals surface area contributed by atoms with E-state index in [1.807, 2.05) is 12.1 Å². The number of ketones is 1. The fourth-order valence-electron chi connectivity index (χ4n) is 2.45. The first-order valence-electron chi connectivity index (χ1n) is 5.83. The van der Waals surface area contributed by atoms with E-state index in [0.29, 0.717) is 12.2 Å². The Bertz CT molecular complexity index is 519. The molecule has 17 heavy (non-hydrogen) atoms. The van der Waals surface area contributed by atoms with Crippen LogP contribution in [0.25, 0.3) is 0 Å². The average Bonchev–Trinajstić information content (AvgIpc) is 2.25. The number of hydrogen-bond acceptors (Lipinski definition) is 3. The third-order valence-corrected chi connectivity index (χ3v) is 4.52. The number of nitrogens with one attached hydrogen (secondary N) is 1. The van der Waals surface area contributed by atoms with E-state index in [-0.39, 0.29) is 10.7 Å². The topological polar surface area (TPSA) is 29.1 Å². The van der Waals surface area contributed by atoms with Crippen LogP contribution in [0.2, 0.25) is 0 Å². The normalized spacial score (nSPS) is 25.4. The largest absolute Gasteiger partial charge is 0.357 e. The Morgan fingerprint density at radius 3 is 2.94 bits per heavy atom. The Morgan fingerprint density at radius 2 is 2.12 bits per heavy atom. The summed E-state index contributed by atoms with van der Waals surface area (Å²) in [6.07, 6.45) is 2.85. The number of hydrogen-bond donors (Lipinski definition) is 1. The molecule has 0 amide bonds. The second-order valence-corrected chi connectivity index (χ2v) is 6.50. The van der Waals surface area contributed by atoms with Crippen LogP contribution in [0.5, 0.6) is 0 Å². The van der Waals surface area contributed by atoms with Crippen LogP contribution >= 0.6 is 11.8 Å². The van der Waals surface area contributed by atoms with Crippen LogP contribution in [0.3, 0.4) is 0 Å². The molecule has 0 aromatic heterocycles. The lowest BCUT2D eigenvalue weighted by molar-refractivity contribution is -0.119. The van der Waals surface area contributed by atoms with Crippen LogP contribution in [-0.2, 0) is 4.79 Å². The first-order valence-corrected chi connectivity index (χ1v) is 6.71. The van der Waals surface area contributed by atoms with E-state index in [2.05, 4.69) is 37.4 Å². The van der Waals surface area contributed by atoms with Crippen molar-refractivity contribution < 1.29 is 4.79 Å². The summed E-state index contributed by atoms with van der Waals surface area (Å²) in [5, 5.41) is 3.37. The molecule has 1 aromatic rings. The van der Waals surface area contributed by atoms with Gasteiger partial charge in [-0.1, -0.05) is 32.1 Å². The highest BCUT2D eigenvalue weighted by Gasteiger charge is 2.37. The zero-order chi connectivity index (χ0) is 12.0. The van der Waals surface area contributed by atoms with Gasteiger partial charge in [0.1, 0.15) is 5.25 Å². The van der Waals surface area contributed by atoms with Gasteiger partial charge in [-0.2, -0.15) is 0 Å². The van der Waals surface area contributed by atoms with Crippen LogP contribution in [0, 0.1) is 5.41 Å². The minimum atomic E-state index is -0.0297. The van der Waals surface area contributed by atoms with Gasteiger partial charge in [-0.25, -0.2) is 0 Å². The lowest BCUT2D eigenvalue weighted by Gasteiger charge is -2.35. The molecular formula is C14H15NOS. The maximum atomic E-state index is 12.2. The number of rotatable bonds is 0. The molecule has 0 bridgehead atoms. The summed E-state index contributed by atoms with van der Waals surface area (Å²) in [4.78, 5) is 13.3. The van der Waals surface area contributed by atoms with Crippen molar-refractivity contribution in [2.75, 3.05) is 5.32 Å². The fourth-order valence-corrected chi connectivity index (χ4v) is 3.57. The first-order chi connectivity index (χ1) is 8.05. The summed E-state index contributed by atoms with van der Waals surface area (Å²) >= 11 is 1.67. The van der Waals surface area contributed by atoms with Gasteiger partial charge in [0, 0.05) is 17.0 Å². The van der Waals surface area contributed by atoms with E-state index >= 15 is 0 Å². The van der Waals surface area contributed by atoms with E-state index < -0.39 is 0 Å². The highest BCUT2D eigenvalue weighted by atomic mass is 32.2. The van der Waals surface area contributed by atoms with Crippen LogP contribution in [0.4, 0.5) is 5.69 Å². The Balaban J connectivity index is 2.05. The highest BCUT2D eigenvalue weighted by Crippen LogP contribution is 2.45. The Hall–Kier alpha value is -1.22. The maximum absolute atomic E-state index is 12.2. The van der Waals surface area contributed by atoms with Gasteiger partial charge in [-0.15, -0.1) is 11.8 Å². The van der Waals surface area contributed by atoms with Crippen molar-refractivity contribution in [3.8, 4) is 0 Å². The predicted octanol–water partition coefficient (Wildman–Crippen LogP) is 3.46. The summed E-state index contributed by atoms with van der Waals surface area (Å²) in [5.74, 6) is 0.333. The zero-order valence-electron chi connectivity index (χ0n) is 9.99. The molecule has 1 aliphatic carbocycles. The average molecular weight is 245 g/mol. The summed E-state index contributed by atoms with van der Waals surface area (Å²) in [7, 11) is 0. The van der Waals surface area contributed by atoms with Gasteiger partial charge in [0.25, 0.3) is 0 Å². The lowest BCUT2D eigenvalue weighted by atomic mass is 9.80. The Kier molecular flexibility index (Phi) is 2.33. The van der Waals surface area contributed by atoms with Crippen molar-refractivity contribution in [3.05, 3.63) is 36.0 Å². The van der Waals surface area contributed by atoms with Gasteiger partial charge >= 0.3 is 0 Å². The molecule has 0 saturated carbocycles. The number of carbonyl (C=O) groups is 1. The molecule has 1 unspecified atom stereocenters. The van der Waals surface area contributed by atoms with Gasteiger partial charge < -0.3 is 5.32 Å². The van der Waals surface area contributed by atoms with E-state index in [1.54, 1.807) is 11.8 Å². The molecule has 2 nitrogen and oxygen atoms in total. The van der Waals surface area contributed by atoms with Crippen molar-refractivity contribution in [3.63, 3.8) is 0 Å². The number of thioether (sulfide) groups is 1. The quantitative estimate of drug-likeness (QED) is 0.759. The van der Waals surface area contributed by atoms with E-state index in [0.717, 1.165) is 11.4 Å². The summed E-state index contributed by atoms with van der Waals surface area (Å²) in [5.41, 5.74) is 2.16. The molecule has 1 aromatic carbocycles. The number of anilines is 1. The van der Waals surface area contributed by atoms with Gasteiger partial charge in [-0.05, 0) is 17.5 Å². The molecule has 0 spiro atoms. The molecular weight excluding hydrogens is 230 g/mol. The van der Waals surface area contributed by atoms with Crippen molar-refractivity contribution in [2.45, 2.75) is 30.4 Å². The summed E-state index contributed by atoms with van der Waals surface area (Å²) in [6.45, 7) is 4.22. The fraction of sp³-hybridized carbons (Fsp3) is 0.357. The molecule has 0 saturated heterocycles. The smallest absolute Gasteiger partial charge is 0.152 e. The van der Waals surface area contributed by atoms with Gasteiger partial charge in [0.05, 0.1) is 5.69 Å². The third kappa shape index (κ3) is 1.89.